The molecule has 0 bridgehead atoms. The fourth-order valence-electron chi connectivity index (χ4n) is 2.38. The van der Waals surface area contributed by atoms with Crippen LogP contribution in [0.2, 0.25) is 10.0 Å². The summed E-state index contributed by atoms with van der Waals surface area (Å²) in [4.78, 5) is -0.0899. The van der Waals surface area contributed by atoms with Crippen molar-refractivity contribution < 1.29 is 13.2 Å². The molecule has 0 unspecified atom stereocenters. The maximum Gasteiger partial charge on any atom is 0.263 e. The van der Waals surface area contributed by atoms with Crippen molar-refractivity contribution in [3.05, 3.63) is 51.5 Å². The smallest absolute Gasteiger partial charge is 0.263 e. The molecule has 1 N–H and O–H groups in total. The van der Waals surface area contributed by atoms with E-state index in [9.17, 15) is 8.42 Å². The first-order valence-electron chi connectivity index (χ1n) is 7.33. The molecule has 0 aliphatic rings. The van der Waals surface area contributed by atoms with Crippen molar-refractivity contribution >= 4 is 38.9 Å². The van der Waals surface area contributed by atoms with Crippen LogP contribution in [0.1, 0.15) is 30.9 Å². The van der Waals surface area contributed by atoms with Crippen LogP contribution in [0.5, 0.6) is 5.75 Å². The Bertz CT molecular complexity index is 864. The monoisotopic (exact) mass is 387 g/mol. The van der Waals surface area contributed by atoms with Crippen molar-refractivity contribution in [2.45, 2.75) is 31.6 Å². The number of hydrogen-bond donors (Lipinski definition) is 1. The summed E-state index contributed by atoms with van der Waals surface area (Å²) < 4.78 is 33.3. The molecule has 0 aliphatic heterocycles. The Balaban J connectivity index is 2.53. The Labute approximate surface area is 152 Å². The van der Waals surface area contributed by atoms with Crippen LogP contribution in [-0.4, -0.2) is 15.5 Å². The van der Waals surface area contributed by atoms with Gasteiger partial charge in [-0.25, -0.2) is 8.42 Å². The zero-order chi connectivity index (χ0) is 18.1. The van der Waals surface area contributed by atoms with Crippen molar-refractivity contribution in [1.29, 1.82) is 0 Å². The van der Waals surface area contributed by atoms with Crippen molar-refractivity contribution in [3.63, 3.8) is 0 Å². The van der Waals surface area contributed by atoms with Crippen LogP contribution >= 0.6 is 23.2 Å². The number of benzene rings is 2. The van der Waals surface area contributed by atoms with Gasteiger partial charge in [0.05, 0.1) is 17.8 Å². The Morgan fingerprint density at radius 3 is 2.33 bits per heavy atom. The van der Waals surface area contributed by atoms with Crippen LogP contribution in [0.15, 0.2) is 35.2 Å². The third-order valence-electron chi connectivity index (χ3n) is 3.68. The molecule has 0 aliphatic carbocycles. The Morgan fingerprint density at radius 2 is 1.75 bits per heavy atom. The molecule has 0 saturated heterocycles. The highest BCUT2D eigenvalue weighted by molar-refractivity contribution is 7.92. The van der Waals surface area contributed by atoms with Crippen LogP contribution in [0.25, 0.3) is 0 Å². The molecule has 0 saturated carbocycles. The zero-order valence-corrected chi connectivity index (χ0v) is 16.2. The number of ether oxygens (including phenoxy) is 1. The fraction of sp³-hybridized carbons (Fsp3) is 0.294. The second-order valence-corrected chi connectivity index (χ2v) is 8.10. The van der Waals surface area contributed by atoms with Crippen molar-refractivity contribution in [1.82, 2.24) is 0 Å². The predicted octanol–water partition coefficient (Wildman–Crippen LogP) is 5.23. The molecule has 7 heteroatoms. The van der Waals surface area contributed by atoms with Crippen molar-refractivity contribution in [3.8, 4) is 5.75 Å². The topological polar surface area (TPSA) is 55.4 Å². The van der Waals surface area contributed by atoms with E-state index in [1.807, 2.05) is 39.0 Å². The van der Waals surface area contributed by atoms with Gasteiger partial charge in [0.1, 0.15) is 15.7 Å². The molecule has 0 aromatic heterocycles. The minimum atomic E-state index is -3.89. The highest BCUT2D eigenvalue weighted by Crippen LogP contribution is 2.38. The van der Waals surface area contributed by atoms with E-state index in [4.69, 9.17) is 27.9 Å². The SMILES string of the molecule is COc1ccc(S(=O)(=O)Nc2c(C)cccc2C(C)C)c(Cl)c1Cl. The molecule has 24 heavy (non-hydrogen) atoms. The molecular formula is C17H19Cl2NO3S. The quantitative estimate of drug-likeness (QED) is 0.763. The van der Waals surface area contributed by atoms with Gasteiger partial charge >= 0.3 is 0 Å². The molecule has 0 heterocycles. The number of rotatable bonds is 5. The number of sulfonamides is 1. The van der Waals surface area contributed by atoms with Gasteiger partial charge < -0.3 is 4.74 Å². The molecule has 2 aromatic carbocycles. The summed E-state index contributed by atoms with van der Waals surface area (Å²) in [6.07, 6.45) is 0. The number of aryl methyl sites for hydroxylation is 1. The Morgan fingerprint density at radius 1 is 1.08 bits per heavy atom. The van der Waals surface area contributed by atoms with E-state index >= 15 is 0 Å². The number of halogens is 2. The van der Waals surface area contributed by atoms with Crippen LogP contribution in [-0.2, 0) is 10.0 Å². The van der Waals surface area contributed by atoms with Gasteiger partial charge in [0, 0.05) is 0 Å². The van der Waals surface area contributed by atoms with Crippen LogP contribution in [0.4, 0.5) is 5.69 Å². The summed E-state index contributed by atoms with van der Waals surface area (Å²) in [6.45, 7) is 5.86. The highest BCUT2D eigenvalue weighted by atomic mass is 35.5. The zero-order valence-electron chi connectivity index (χ0n) is 13.9. The lowest BCUT2D eigenvalue weighted by atomic mass is 9.99. The molecule has 0 atom stereocenters. The molecule has 4 nitrogen and oxygen atoms in total. The standard InChI is InChI=1S/C17H19Cl2NO3S/c1-10(2)12-7-5-6-11(3)17(12)20-24(21,22)14-9-8-13(23-4)15(18)16(14)19/h5-10,20H,1-4H3. The largest absolute Gasteiger partial charge is 0.495 e. The van der Waals surface area contributed by atoms with E-state index in [0.29, 0.717) is 11.4 Å². The first kappa shape index (κ1) is 18.9. The molecule has 0 spiro atoms. The lowest BCUT2D eigenvalue weighted by Gasteiger charge is -2.18. The Hall–Kier alpha value is -1.43. The predicted molar refractivity (Wildman–Crippen MR) is 99.1 cm³/mol. The Kier molecular flexibility index (Phi) is 5.68. The third kappa shape index (κ3) is 3.63. The first-order valence-corrected chi connectivity index (χ1v) is 9.57. The summed E-state index contributed by atoms with van der Waals surface area (Å²) in [6, 6.07) is 8.51. The van der Waals surface area contributed by atoms with Gasteiger partial charge in [-0.05, 0) is 36.1 Å². The fourth-order valence-corrected chi connectivity index (χ4v) is 4.38. The van der Waals surface area contributed by atoms with E-state index < -0.39 is 10.0 Å². The van der Waals surface area contributed by atoms with Gasteiger partial charge in [-0.1, -0.05) is 55.2 Å². The average molecular weight is 388 g/mol. The summed E-state index contributed by atoms with van der Waals surface area (Å²) in [5.41, 5.74) is 2.31. The van der Waals surface area contributed by atoms with Crippen LogP contribution in [0.3, 0.4) is 0 Å². The minimum Gasteiger partial charge on any atom is -0.495 e. The van der Waals surface area contributed by atoms with Gasteiger partial charge in [0.15, 0.2) is 0 Å². The van der Waals surface area contributed by atoms with E-state index in [-0.39, 0.29) is 20.9 Å². The molecule has 0 fully saturated rings. The number of anilines is 1. The molecular weight excluding hydrogens is 369 g/mol. The van der Waals surface area contributed by atoms with Gasteiger partial charge in [0.2, 0.25) is 0 Å². The van der Waals surface area contributed by atoms with Gasteiger partial charge in [0.25, 0.3) is 10.0 Å². The number of methoxy groups -OCH3 is 1. The first-order chi connectivity index (χ1) is 11.2. The number of hydrogen-bond acceptors (Lipinski definition) is 3. The van der Waals surface area contributed by atoms with Crippen molar-refractivity contribution in [2.75, 3.05) is 11.8 Å². The number of para-hydroxylation sites is 1. The van der Waals surface area contributed by atoms with Gasteiger partial charge in [-0.2, -0.15) is 0 Å². The van der Waals surface area contributed by atoms with E-state index in [0.717, 1.165) is 11.1 Å². The van der Waals surface area contributed by atoms with Crippen LogP contribution < -0.4 is 9.46 Å². The van der Waals surface area contributed by atoms with Gasteiger partial charge in [-0.3, -0.25) is 4.72 Å². The molecule has 130 valence electrons. The second-order valence-electron chi connectivity index (χ2n) is 5.69. The maximum atomic E-state index is 12.8. The summed E-state index contributed by atoms with van der Waals surface area (Å²) in [5.74, 6) is 0.483. The average Bonchev–Trinajstić information content (AvgIpc) is 2.51. The second kappa shape index (κ2) is 7.21. The van der Waals surface area contributed by atoms with Gasteiger partial charge in [-0.15, -0.1) is 0 Å². The highest BCUT2D eigenvalue weighted by Gasteiger charge is 2.24. The normalized spacial score (nSPS) is 11.6. The summed E-state index contributed by atoms with van der Waals surface area (Å²) >= 11 is 12.2. The van der Waals surface area contributed by atoms with E-state index in [2.05, 4.69) is 4.72 Å². The molecule has 2 rings (SSSR count). The third-order valence-corrected chi connectivity index (χ3v) is 6.05. The lowest BCUT2D eigenvalue weighted by Crippen LogP contribution is -2.16. The van der Waals surface area contributed by atoms with Crippen molar-refractivity contribution in [2.24, 2.45) is 0 Å². The molecule has 0 radical (unpaired) electrons. The van der Waals surface area contributed by atoms with E-state index in [1.165, 1.54) is 19.2 Å². The minimum absolute atomic E-state index is 0.0657. The van der Waals surface area contributed by atoms with Crippen LogP contribution in [0, 0.1) is 6.92 Å². The molecule has 0 amide bonds. The number of nitrogens with one attached hydrogen (secondary N) is 1. The van der Waals surface area contributed by atoms with E-state index in [1.54, 1.807) is 0 Å². The molecule has 2 aromatic rings. The lowest BCUT2D eigenvalue weighted by molar-refractivity contribution is 0.414. The summed E-state index contributed by atoms with van der Waals surface area (Å²) in [5, 5.41) is -0.000828. The maximum absolute atomic E-state index is 12.8. The summed E-state index contributed by atoms with van der Waals surface area (Å²) in [7, 11) is -2.46.